The van der Waals surface area contributed by atoms with Gasteiger partial charge in [-0.05, 0) is 37.1 Å². The van der Waals surface area contributed by atoms with Gasteiger partial charge in [0.15, 0.2) is 0 Å². The molecule has 2 rings (SSSR count). The molecule has 0 bridgehead atoms. The highest BCUT2D eigenvalue weighted by Crippen LogP contribution is 2.15. The third-order valence-corrected chi connectivity index (χ3v) is 4.59. The summed E-state index contributed by atoms with van der Waals surface area (Å²) in [4.78, 5) is 11.0. The fourth-order valence-electron chi connectivity index (χ4n) is 1.93. The Bertz CT molecular complexity index is 591. The maximum atomic E-state index is 11.0. The summed E-state index contributed by atoms with van der Waals surface area (Å²) in [6.07, 6.45) is 2.60. The number of carbonyl (C=O) groups excluding carboxylic acids is 1. The third kappa shape index (κ3) is 7.69. The molecule has 0 aromatic heterocycles. The molecule has 0 saturated heterocycles. The van der Waals surface area contributed by atoms with Crippen molar-refractivity contribution in [2.75, 3.05) is 13.2 Å². The normalized spacial score (nSPS) is 10.3. The number of hydrogen-bond acceptors (Lipinski definition) is 5. The first kappa shape index (κ1) is 18.8. The minimum atomic E-state index is -2.39. The predicted octanol–water partition coefficient (Wildman–Crippen LogP) is 3.39. The van der Waals surface area contributed by atoms with Gasteiger partial charge in [-0.25, -0.2) is 4.79 Å². The Morgan fingerprint density at radius 3 is 1.92 bits per heavy atom. The molecular formula is C19H22O5Si. The third-order valence-electron chi connectivity index (χ3n) is 3.15. The van der Waals surface area contributed by atoms with E-state index in [1.807, 2.05) is 60.7 Å². The molecule has 2 aromatic carbocycles. The molecule has 0 amide bonds. The van der Waals surface area contributed by atoms with Crippen LogP contribution < -0.4 is 8.85 Å². The molecule has 0 spiro atoms. The van der Waals surface area contributed by atoms with Gasteiger partial charge < -0.3 is 18.0 Å². The van der Waals surface area contributed by atoms with E-state index in [4.69, 9.17) is 18.0 Å². The molecular weight excluding hydrogens is 336 g/mol. The summed E-state index contributed by atoms with van der Waals surface area (Å²) in [6, 6.07) is 18.9. The summed E-state index contributed by atoms with van der Waals surface area (Å²) in [7, 11) is -2.39. The monoisotopic (exact) mass is 358 g/mol. The summed E-state index contributed by atoms with van der Waals surface area (Å²) in [5.41, 5.74) is 0. The Hall–Kier alpha value is -2.57. The molecule has 0 unspecified atom stereocenters. The Balaban J connectivity index is 1.80. The second kappa shape index (κ2) is 11.1. The van der Waals surface area contributed by atoms with Crippen LogP contribution in [0, 0.1) is 0 Å². The maximum absolute atomic E-state index is 11.0. The summed E-state index contributed by atoms with van der Waals surface area (Å²) >= 11 is 0. The highest BCUT2D eigenvalue weighted by molar-refractivity contribution is 6.38. The lowest BCUT2D eigenvalue weighted by Crippen LogP contribution is -2.34. The molecule has 6 heteroatoms. The van der Waals surface area contributed by atoms with E-state index in [1.165, 1.54) is 0 Å². The lowest BCUT2D eigenvalue weighted by Gasteiger charge is -2.18. The number of rotatable bonds is 11. The van der Waals surface area contributed by atoms with Gasteiger partial charge in [0.2, 0.25) is 0 Å². The first-order valence-electron chi connectivity index (χ1n) is 8.12. The van der Waals surface area contributed by atoms with Crippen molar-refractivity contribution in [2.45, 2.75) is 12.8 Å². The fraction of sp³-hybridized carbons (Fsp3) is 0.211. The van der Waals surface area contributed by atoms with Gasteiger partial charge in [-0.15, -0.1) is 0 Å². The zero-order chi connectivity index (χ0) is 17.7. The number of carbonyl (C=O) groups is 1. The minimum Gasteiger partial charge on any atom is -0.494 e. The second-order valence-electron chi connectivity index (χ2n) is 5.10. The van der Waals surface area contributed by atoms with Crippen molar-refractivity contribution in [3.63, 3.8) is 0 Å². The molecule has 0 radical (unpaired) electrons. The molecule has 2 aromatic rings. The quantitative estimate of drug-likeness (QED) is 0.267. The molecule has 0 saturated carbocycles. The van der Waals surface area contributed by atoms with E-state index in [1.54, 1.807) is 0 Å². The van der Waals surface area contributed by atoms with Crippen molar-refractivity contribution >= 4 is 15.5 Å². The van der Waals surface area contributed by atoms with E-state index >= 15 is 0 Å². The molecule has 0 heterocycles. The largest absolute Gasteiger partial charge is 0.615 e. The lowest BCUT2D eigenvalue weighted by atomic mass is 10.3. The first-order valence-corrected chi connectivity index (χ1v) is 9.53. The summed E-state index contributed by atoms with van der Waals surface area (Å²) < 4.78 is 22.5. The zero-order valence-corrected chi connectivity index (χ0v) is 15.2. The van der Waals surface area contributed by atoms with Crippen LogP contribution in [0.15, 0.2) is 73.3 Å². The van der Waals surface area contributed by atoms with Crippen molar-refractivity contribution < 1.29 is 22.8 Å². The van der Waals surface area contributed by atoms with Crippen LogP contribution in [-0.2, 0) is 14.0 Å². The van der Waals surface area contributed by atoms with Gasteiger partial charge in [-0.1, -0.05) is 43.0 Å². The van der Waals surface area contributed by atoms with Gasteiger partial charge in [0, 0.05) is 12.7 Å². The average Bonchev–Trinajstić information content (AvgIpc) is 2.65. The smallest absolute Gasteiger partial charge is 0.494 e. The van der Waals surface area contributed by atoms with Crippen LogP contribution in [0.2, 0.25) is 0 Å². The molecule has 5 nitrogen and oxygen atoms in total. The van der Waals surface area contributed by atoms with Crippen molar-refractivity contribution in [2.24, 2.45) is 0 Å². The van der Waals surface area contributed by atoms with Gasteiger partial charge in [0.1, 0.15) is 11.5 Å². The van der Waals surface area contributed by atoms with Crippen LogP contribution in [-0.4, -0.2) is 28.7 Å². The van der Waals surface area contributed by atoms with Crippen molar-refractivity contribution in [3.8, 4) is 11.5 Å². The van der Waals surface area contributed by atoms with E-state index in [0.717, 1.165) is 24.0 Å². The van der Waals surface area contributed by atoms with Crippen molar-refractivity contribution in [1.82, 2.24) is 0 Å². The minimum absolute atomic E-state index is 0.347. The van der Waals surface area contributed by atoms with Crippen LogP contribution in [0.25, 0.3) is 0 Å². The summed E-state index contributed by atoms with van der Waals surface area (Å²) in [5.74, 6) is 1.03. The lowest BCUT2D eigenvalue weighted by molar-refractivity contribution is -0.137. The molecule has 0 atom stereocenters. The van der Waals surface area contributed by atoms with Gasteiger partial charge in [0.05, 0.1) is 6.61 Å². The molecule has 0 fully saturated rings. The van der Waals surface area contributed by atoms with Crippen LogP contribution >= 0.6 is 0 Å². The Labute approximate surface area is 149 Å². The SMILES string of the molecule is C=CC(=O)OCCCCO[SiH](Oc1ccccc1)Oc1ccccc1. The fourth-order valence-corrected chi connectivity index (χ4v) is 3.23. The highest BCUT2D eigenvalue weighted by Gasteiger charge is 2.19. The van der Waals surface area contributed by atoms with Crippen LogP contribution in [0.1, 0.15) is 12.8 Å². The first-order chi connectivity index (χ1) is 12.3. The second-order valence-corrected chi connectivity index (χ2v) is 6.48. The maximum Gasteiger partial charge on any atom is 0.615 e. The number of unbranched alkanes of at least 4 members (excludes halogenated alkanes) is 1. The number of para-hydroxylation sites is 2. The number of hydrogen-bond donors (Lipinski definition) is 0. The summed E-state index contributed by atoms with van der Waals surface area (Å²) in [6.45, 7) is 4.17. The van der Waals surface area contributed by atoms with Crippen LogP contribution in [0.4, 0.5) is 0 Å². The molecule has 25 heavy (non-hydrogen) atoms. The van der Waals surface area contributed by atoms with Gasteiger partial charge >= 0.3 is 15.5 Å². The molecule has 0 aliphatic rings. The number of benzene rings is 2. The average molecular weight is 358 g/mol. The van der Waals surface area contributed by atoms with E-state index in [0.29, 0.717) is 19.6 Å². The van der Waals surface area contributed by atoms with Crippen LogP contribution in [0.5, 0.6) is 11.5 Å². The van der Waals surface area contributed by atoms with Gasteiger partial charge in [-0.2, -0.15) is 0 Å². The van der Waals surface area contributed by atoms with Gasteiger partial charge in [-0.3, -0.25) is 0 Å². The van der Waals surface area contributed by atoms with E-state index < -0.39 is 15.5 Å². The molecule has 0 N–H and O–H groups in total. The molecule has 0 aliphatic carbocycles. The predicted molar refractivity (Wildman–Crippen MR) is 97.6 cm³/mol. The molecule has 0 aliphatic heterocycles. The molecule has 132 valence electrons. The van der Waals surface area contributed by atoms with E-state index in [2.05, 4.69) is 6.58 Å². The van der Waals surface area contributed by atoms with Crippen molar-refractivity contribution in [3.05, 3.63) is 73.3 Å². The Morgan fingerprint density at radius 2 is 1.40 bits per heavy atom. The standard InChI is InChI=1S/C19H22O5Si/c1-2-19(20)21-15-9-10-16-22-25(23-17-11-5-3-6-12-17)24-18-13-7-4-8-14-18/h2-8,11-14,25H,1,9-10,15-16H2. The van der Waals surface area contributed by atoms with E-state index in [-0.39, 0.29) is 0 Å². The number of ether oxygens (including phenoxy) is 1. The van der Waals surface area contributed by atoms with Crippen molar-refractivity contribution in [1.29, 1.82) is 0 Å². The zero-order valence-electron chi connectivity index (χ0n) is 14.0. The van der Waals surface area contributed by atoms with Gasteiger partial charge in [0.25, 0.3) is 0 Å². The van der Waals surface area contributed by atoms with E-state index in [9.17, 15) is 4.79 Å². The Kier molecular flexibility index (Phi) is 8.30. The Morgan fingerprint density at radius 1 is 0.880 bits per heavy atom. The summed E-state index contributed by atoms with van der Waals surface area (Å²) in [5, 5.41) is 0. The topological polar surface area (TPSA) is 54.0 Å². The number of esters is 1. The van der Waals surface area contributed by atoms with Crippen LogP contribution in [0.3, 0.4) is 0 Å². The highest BCUT2D eigenvalue weighted by atomic mass is 28.3.